The number of cyclic esters (lactones) is 1. The second kappa shape index (κ2) is 4.05. The van der Waals surface area contributed by atoms with E-state index in [-0.39, 0.29) is 12.8 Å². The van der Waals surface area contributed by atoms with Gasteiger partial charge in [-0.15, -0.1) is 0 Å². The summed E-state index contributed by atoms with van der Waals surface area (Å²) in [6, 6.07) is 0. The zero-order valence-corrected chi connectivity index (χ0v) is 10.1. The highest BCUT2D eigenvalue weighted by Crippen LogP contribution is 2.32. The highest BCUT2D eigenvalue weighted by Gasteiger charge is 2.53. The van der Waals surface area contributed by atoms with Crippen LogP contribution in [-0.2, 0) is 19.1 Å². The first kappa shape index (κ1) is 13.0. The number of esters is 2. The van der Waals surface area contributed by atoms with Crippen LogP contribution in [0, 0.1) is 0 Å². The Kier molecular flexibility index (Phi) is 3.28. The number of hydrogen-bond donors (Lipinski definition) is 1. The summed E-state index contributed by atoms with van der Waals surface area (Å²) in [7, 11) is 0. The highest BCUT2D eigenvalue weighted by atomic mass is 16.6. The Bertz CT molecular complexity index is 302. The molecule has 0 amide bonds. The van der Waals surface area contributed by atoms with Gasteiger partial charge in [0.25, 0.3) is 0 Å². The number of hydrogen-bond acceptors (Lipinski definition) is 5. The molecule has 0 aromatic carbocycles. The van der Waals surface area contributed by atoms with Crippen LogP contribution >= 0.6 is 0 Å². The second-order valence-corrected chi connectivity index (χ2v) is 5.04. The van der Waals surface area contributed by atoms with Crippen LogP contribution in [-0.4, -0.2) is 34.4 Å². The summed E-state index contributed by atoms with van der Waals surface area (Å²) in [5.74, 6) is -1.16. The fraction of sp³-hybridized carbons (Fsp3) is 0.818. The van der Waals surface area contributed by atoms with Gasteiger partial charge in [0, 0.05) is 6.42 Å². The molecule has 1 saturated heterocycles. The maximum Gasteiger partial charge on any atom is 0.353 e. The smallest absolute Gasteiger partial charge is 0.353 e. The summed E-state index contributed by atoms with van der Waals surface area (Å²) in [4.78, 5) is 23.0. The number of aliphatic hydroxyl groups excluding tert-OH is 1. The van der Waals surface area contributed by atoms with Crippen LogP contribution in [0.2, 0.25) is 0 Å². The number of carbonyl (C=O) groups excluding carboxylic acids is 2. The van der Waals surface area contributed by atoms with Crippen molar-refractivity contribution in [2.24, 2.45) is 0 Å². The first-order valence-corrected chi connectivity index (χ1v) is 5.31. The van der Waals surface area contributed by atoms with Gasteiger partial charge in [0.2, 0.25) is 5.60 Å². The Morgan fingerprint density at radius 2 is 2.12 bits per heavy atom. The SMILES string of the molecule is CC(O)C1(C(=O)OC(C)(C)C)CCC(=O)O1. The molecule has 0 radical (unpaired) electrons. The Hall–Kier alpha value is -1.10. The van der Waals surface area contributed by atoms with E-state index < -0.39 is 29.2 Å². The van der Waals surface area contributed by atoms with Crippen LogP contribution < -0.4 is 0 Å². The van der Waals surface area contributed by atoms with Crippen molar-refractivity contribution < 1.29 is 24.2 Å². The van der Waals surface area contributed by atoms with Crippen molar-refractivity contribution in [3.05, 3.63) is 0 Å². The van der Waals surface area contributed by atoms with Crippen molar-refractivity contribution in [2.45, 2.75) is 57.8 Å². The van der Waals surface area contributed by atoms with E-state index in [1.54, 1.807) is 20.8 Å². The first-order valence-electron chi connectivity index (χ1n) is 5.31. The van der Waals surface area contributed by atoms with Crippen LogP contribution in [0.25, 0.3) is 0 Å². The monoisotopic (exact) mass is 230 g/mol. The van der Waals surface area contributed by atoms with Crippen LogP contribution in [0.4, 0.5) is 0 Å². The predicted molar refractivity (Wildman–Crippen MR) is 55.6 cm³/mol. The number of ether oxygens (including phenoxy) is 2. The molecule has 0 bridgehead atoms. The van der Waals surface area contributed by atoms with E-state index in [1.165, 1.54) is 6.92 Å². The second-order valence-electron chi connectivity index (χ2n) is 5.04. The van der Waals surface area contributed by atoms with E-state index in [4.69, 9.17) is 9.47 Å². The molecule has 1 aliphatic rings. The predicted octanol–water partition coefficient (Wildman–Crippen LogP) is 0.785. The molecule has 5 nitrogen and oxygen atoms in total. The van der Waals surface area contributed by atoms with Gasteiger partial charge in [0.15, 0.2) is 0 Å². The zero-order valence-electron chi connectivity index (χ0n) is 10.1. The molecule has 0 aromatic rings. The quantitative estimate of drug-likeness (QED) is 0.710. The molecular formula is C11H18O5. The lowest BCUT2D eigenvalue weighted by molar-refractivity contribution is -0.194. The molecule has 1 fully saturated rings. The van der Waals surface area contributed by atoms with Gasteiger partial charge in [0.1, 0.15) is 11.7 Å². The van der Waals surface area contributed by atoms with Crippen molar-refractivity contribution in [3.8, 4) is 0 Å². The van der Waals surface area contributed by atoms with Gasteiger partial charge >= 0.3 is 11.9 Å². The summed E-state index contributed by atoms with van der Waals surface area (Å²) in [6.07, 6.45) is -0.781. The van der Waals surface area contributed by atoms with E-state index in [0.29, 0.717) is 0 Å². The van der Waals surface area contributed by atoms with E-state index in [9.17, 15) is 14.7 Å². The Morgan fingerprint density at radius 1 is 1.56 bits per heavy atom. The normalized spacial score (nSPS) is 27.4. The first-order chi connectivity index (χ1) is 7.17. The van der Waals surface area contributed by atoms with Gasteiger partial charge in [-0.2, -0.15) is 0 Å². The van der Waals surface area contributed by atoms with Crippen LogP contribution in [0.3, 0.4) is 0 Å². The fourth-order valence-corrected chi connectivity index (χ4v) is 1.57. The van der Waals surface area contributed by atoms with Crippen molar-refractivity contribution in [1.29, 1.82) is 0 Å². The lowest BCUT2D eigenvalue weighted by Gasteiger charge is -2.31. The third-order valence-electron chi connectivity index (χ3n) is 2.42. The lowest BCUT2D eigenvalue weighted by atomic mass is 9.94. The molecular weight excluding hydrogens is 212 g/mol. The minimum Gasteiger partial charge on any atom is -0.457 e. The third-order valence-corrected chi connectivity index (χ3v) is 2.42. The Morgan fingerprint density at radius 3 is 2.44 bits per heavy atom. The van der Waals surface area contributed by atoms with E-state index in [2.05, 4.69) is 0 Å². The van der Waals surface area contributed by atoms with Gasteiger partial charge in [-0.3, -0.25) is 4.79 Å². The van der Waals surface area contributed by atoms with Crippen LogP contribution in [0.5, 0.6) is 0 Å². The maximum absolute atomic E-state index is 11.9. The van der Waals surface area contributed by atoms with E-state index >= 15 is 0 Å². The third kappa shape index (κ3) is 2.52. The largest absolute Gasteiger partial charge is 0.457 e. The molecule has 92 valence electrons. The van der Waals surface area contributed by atoms with Gasteiger partial charge in [0.05, 0.1) is 6.42 Å². The molecule has 0 spiro atoms. The van der Waals surface area contributed by atoms with Crippen LogP contribution in [0.1, 0.15) is 40.5 Å². The molecule has 2 unspecified atom stereocenters. The van der Waals surface area contributed by atoms with Crippen LogP contribution in [0.15, 0.2) is 0 Å². The summed E-state index contributed by atoms with van der Waals surface area (Å²) >= 11 is 0. The molecule has 1 N–H and O–H groups in total. The fourth-order valence-electron chi connectivity index (χ4n) is 1.57. The zero-order chi connectivity index (χ0) is 12.6. The van der Waals surface area contributed by atoms with E-state index in [1.807, 2.05) is 0 Å². The van der Waals surface area contributed by atoms with Gasteiger partial charge in [-0.05, 0) is 27.7 Å². The number of carbonyl (C=O) groups is 2. The summed E-state index contributed by atoms with van der Waals surface area (Å²) in [5.41, 5.74) is -2.20. The standard InChI is InChI=1S/C11H18O5/c1-7(12)11(6-5-8(13)15-11)9(14)16-10(2,3)4/h7,12H,5-6H2,1-4H3. The van der Waals surface area contributed by atoms with Gasteiger partial charge in [-0.1, -0.05) is 0 Å². The molecule has 1 aliphatic heterocycles. The molecule has 2 atom stereocenters. The number of rotatable bonds is 2. The molecule has 16 heavy (non-hydrogen) atoms. The van der Waals surface area contributed by atoms with Crippen molar-refractivity contribution in [3.63, 3.8) is 0 Å². The summed E-state index contributed by atoms with van der Waals surface area (Å²) < 4.78 is 10.1. The molecule has 0 saturated carbocycles. The average molecular weight is 230 g/mol. The average Bonchev–Trinajstić information content (AvgIpc) is 2.45. The number of aliphatic hydroxyl groups is 1. The van der Waals surface area contributed by atoms with Crippen molar-refractivity contribution >= 4 is 11.9 Å². The summed E-state index contributed by atoms with van der Waals surface area (Å²) in [5, 5.41) is 9.61. The van der Waals surface area contributed by atoms with Crippen molar-refractivity contribution in [1.82, 2.24) is 0 Å². The molecule has 0 aromatic heterocycles. The lowest BCUT2D eigenvalue weighted by Crippen LogP contribution is -2.51. The topological polar surface area (TPSA) is 72.8 Å². The molecule has 0 aliphatic carbocycles. The minimum absolute atomic E-state index is 0.129. The molecule has 5 heteroatoms. The Labute approximate surface area is 94.7 Å². The van der Waals surface area contributed by atoms with Crippen molar-refractivity contribution in [2.75, 3.05) is 0 Å². The Balaban J connectivity index is 2.87. The molecule has 1 rings (SSSR count). The van der Waals surface area contributed by atoms with Gasteiger partial charge < -0.3 is 14.6 Å². The molecule has 1 heterocycles. The summed E-state index contributed by atoms with van der Waals surface area (Å²) in [6.45, 7) is 6.58. The highest BCUT2D eigenvalue weighted by molar-refractivity contribution is 5.87. The van der Waals surface area contributed by atoms with Gasteiger partial charge in [-0.25, -0.2) is 4.79 Å². The minimum atomic E-state index is -1.52. The maximum atomic E-state index is 11.9. The van der Waals surface area contributed by atoms with E-state index in [0.717, 1.165) is 0 Å².